The van der Waals surface area contributed by atoms with Gasteiger partial charge in [-0.2, -0.15) is 0 Å². The third-order valence-corrected chi connectivity index (χ3v) is 4.54. The molecule has 0 spiro atoms. The van der Waals surface area contributed by atoms with Crippen LogP contribution in [0.5, 0.6) is 0 Å². The number of hydrogen-bond donors (Lipinski definition) is 2. The van der Waals surface area contributed by atoms with Crippen LogP contribution in [0, 0.1) is 0 Å². The van der Waals surface area contributed by atoms with Crippen molar-refractivity contribution in [3.05, 3.63) is 0 Å². The fraction of sp³-hybridized carbons (Fsp3) is 1.00. The molecule has 0 saturated carbocycles. The number of aliphatic hydroxyl groups excluding tert-OH is 1. The summed E-state index contributed by atoms with van der Waals surface area (Å²) in [6.07, 6.45) is 0.375. The van der Waals surface area contributed by atoms with Gasteiger partial charge < -0.3 is 15.2 Å². The fourth-order valence-corrected chi connectivity index (χ4v) is 3.71. The minimum atomic E-state index is -3.09. The average molecular weight is 287 g/mol. The quantitative estimate of drug-likeness (QED) is 0.469. The third kappa shape index (κ3) is 12.2. The standard InChI is InChI=1S/C9H21NO5S2/c1-15-4-3-10-7-9(11)8-16(12)5-6-17(2,13)14/h9-11H,3-8H2,1-2H3. The van der Waals surface area contributed by atoms with Crippen LogP contribution < -0.4 is 5.32 Å². The first-order valence-electron chi connectivity index (χ1n) is 5.25. The lowest BCUT2D eigenvalue weighted by Gasteiger charge is -2.11. The zero-order chi connectivity index (χ0) is 13.3. The van der Waals surface area contributed by atoms with Crippen LogP contribution in [0.4, 0.5) is 0 Å². The third-order valence-electron chi connectivity index (χ3n) is 1.92. The smallest absolute Gasteiger partial charge is 0.148 e. The van der Waals surface area contributed by atoms with E-state index in [0.717, 1.165) is 6.26 Å². The first-order valence-corrected chi connectivity index (χ1v) is 8.80. The molecular formula is C9H21NO5S2. The molecule has 0 fully saturated rings. The number of sulfone groups is 1. The van der Waals surface area contributed by atoms with Crippen molar-refractivity contribution in [3.63, 3.8) is 0 Å². The zero-order valence-electron chi connectivity index (χ0n) is 10.2. The van der Waals surface area contributed by atoms with Crippen molar-refractivity contribution in [1.82, 2.24) is 5.32 Å². The van der Waals surface area contributed by atoms with Gasteiger partial charge in [-0.1, -0.05) is 0 Å². The van der Waals surface area contributed by atoms with E-state index in [1.54, 1.807) is 7.11 Å². The summed E-state index contributed by atoms with van der Waals surface area (Å²) in [5, 5.41) is 12.4. The van der Waals surface area contributed by atoms with Gasteiger partial charge in [-0.3, -0.25) is 4.21 Å². The van der Waals surface area contributed by atoms with Gasteiger partial charge >= 0.3 is 0 Å². The van der Waals surface area contributed by atoms with Crippen LogP contribution in [-0.2, 0) is 25.4 Å². The lowest BCUT2D eigenvalue weighted by Crippen LogP contribution is -2.33. The van der Waals surface area contributed by atoms with Crippen LogP contribution in [0.15, 0.2) is 0 Å². The molecule has 17 heavy (non-hydrogen) atoms. The largest absolute Gasteiger partial charge is 0.391 e. The Morgan fingerprint density at radius 2 is 2.12 bits per heavy atom. The van der Waals surface area contributed by atoms with E-state index in [1.165, 1.54) is 0 Å². The van der Waals surface area contributed by atoms with Gasteiger partial charge in [-0.15, -0.1) is 0 Å². The number of nitrogens with one attached hydrogen (secondary N) is 1. The molecule has 0 amide bonds. The van der Waals surface area contributed by atoms with E-state index >= 15 is 0 Å². The highest BCUT2D eigenvalue weighted by Crippen LogP contribution is 1.92. The van der Waals surface area contributed by atoms with Crippen LogP contribution >= 0.6 is 0 Å². The van der Waals surface area contributed by atoms with Gasteiger partial charge in [0.15, 0.2) is 0 Å². The van der Waals surface area contributed by atoms with E-state index < -0.39 is 26.7 Å². The summed E-state index contributed by atoms with van der Waals surface area (Å²) in [5.74, 6) is 0.0624. The maximum absolute atomic E-state index is 11.4. The summed E-state index contributed by atoms with van der Waals surface area (Å²) in [7, 11) is -2.81. The topological polar surface area (TPSA) is 92.7 Å². The highest BCUT2D eigenvalue weighted by Gasteiger charge is 2.11. The second kappa shape index (κ2) is 8.98. The predicted molar refractivity (Wildman–Crippen MR) is 68.3 cm³/mol. The molecule has 0 aromatic carbocycles. The maximum atomic E-state index is 11.4. The van der Waals surface area contributed by atoms with Crippen LogP contribution in [-0.4, -0.2) is 74.2 Å². The highest BCUT2D eigenvalue weighted by atomic mass is 32.2. The van der Waals surface area contributed by atoms with E-state index in [9.17, 15) is 17.7 Å². The molecule has 2 unspecified atom stereocenters. The van der Waals surface area contributed by atoms with Gasteiger partial charge in [0.1, 0.15) is 9.84 Å². The van der Waals surface area contributed by atoms with Gasteiger partial charge in [0.25, 0.3) is 0 Å². The van der Waals surface area contributed by atoms with Crippen molar-refractivity contribution in [3.8, 4) is 0 Å². The summed E-state index contributed by atoms with van der Waals surface area (Å²) in [5.41, 5.74) is 0. The lowest BCUT2D eigenvalue weighted by atomic mass is 10.4. The van der Waals surface area contributed by atoms with Gasteiger partial charge in [-0.05, 0) is 0 Å². The summed E-state index contributed by atoms with van der Waals surface area (Å²) < 4.78 is 37.9. The molecule has 0 aromatic rings. The minimum Gasteiger partial charge on any atom is -0.391 e. The fourth-order valence-electron chi connectivity index (χ4n) is 1.04. The Morgan fingerprint density at radius 1 is 1.47 bits per heavy atom. The molecule has 0 heterocycles. The van der Waals surface area contributed by atoms with E-state index in [-0.39, 0.29) is 17.3 Å². The second-order valence-electron chi connectivity index (χ2n) is 3.79. The molecule has 0 aliphatic heterocycles. The molecular weight excluding hydrogens is 266 g/mol. The SMILES string of the molecule is COCCNCC(O)CS(=O)CCS(C)(=O)=O. The molecule has 0 saturated heterocycles. The number of ether oxygens (including phenoxy) is 1. The molecule has 104 valence electrons. The van der Waals surface area contributed by atoms with E-state index in [2.05, 4.69) is 5.32 Å². The molecule has 0 rings (SSSR count). The minimum absolute atomic E-state index is 0.0773. The lowest BCUT2D eigenvalue weighted by molar-refractivity contribution is 0.174. The molecule has 0 radical (unpaired) electrons. The van der Waals surface area contributed by atoms with Crippen LogP contribution in [0.2, 0.25) is 0 Å². The zero-order valence-corrected chi connectivity index (χ0v) is 11.8. The molecule has 6 nitrogen and oxygen atoms in total. The van der Waals surface area contributed by atoms with Crippen molar-refractivity contribution < 1.29 is 22.5 Å². The van der Waals surface area contributed by atoms with Gasteiger partial charge in [0, 0.05) is 43.0 Å². The summed E-state index contributed by atoms with van der Waals surface area (Å²) in [6, 6.07) is 0. The van der Waals surface area contributed by atoms with Crippen molar-refractivity contribution in [2.45, 2.75) is 6.10 Å². The highest BCUT2D eigenvalue weighted by molar-refractivity contribution is 7.92. The summed E-state index contributed by atoms with van der Waals surface area (Å²) >= 11 is 0. The Balaban J connectivity index is 3.66. The summed E-state index contributed by atoms with van der Waals surface area (Å²) in [4.78, 5) is 0. The normalized spacial score (nSPS) is 15.7. The predicted octanol–water partition coefficient (Wildman–Crippen LogP) is -1.62. The Morgan fingerprint density at radius 3 is 2.65 bits per heavy atom. The second-order valence-corrected chi connectivity index (χ2v) is 7.67. The van der Waals surface area contributed by atoms with Gasteiger partial charge in [0.2, 0.25) is 0 Å². The van der Waals surface area contributed by atoms with Crippen LogP contribution in [0.25, 0.3) is 0 Å². The average Bonchev–Trinajstić information content (AvgIpc) is 2.21. The van der Waals surface area contributed by atoms with Crippen molar-refractivity contribution in [2.24, 2.45) is 0 Å². The molecule has 0 bridgehead atoms. The number of hydrogen-bond acceptors (Lipinski definition) is 6. The van der Waals surface area contributed by atoms with Crippen molar-refractivity contribution in [1.29, 1.82) is 0 Å². The molecule has 0 aromatic heterocycles. The van der Waals surface area contributed by atoms with E-state index in [1.807, 2.05) is 0 Å². The van der Waals surface area contributed by atoms with E-state index in [0.29, 0.717) is 19.7 Å². The molecule has 0 aliphatic carbocycles. The first kappa shape index (κ1) is 17.0. The van der Waals surface area contributed by atoms with Crippen molar-refractivity contribution in [2.75, 3.05) is 50.3 Å². The molecule has 8 heteroatoms. The first-order chi connectivity index (χ1) is 7.85. The maximum Gasteiger partial charge on any atom is 0.148 e. The Bertz CT molecular complexity index is 317. The monoisotopic (exact) mass is 287 g/mol. The number of rotatable bonds is 10. The Labute approximate surface area is 105 Å². The Kier molecular flexibility index (Phi) is 8.97. The van der Waals surface area contributed by atoms with Crippen LogP contribution in [0.1, 0.15) is 0 Å². The van der Waals surface area contributed by atoms with Gasteiger partial charge in [0.05, 0.1) is 24.2 Å². The number of aliphatic hydroxyl groups is 1. The van der Waals surface area contributed by atoms with Crippen molar-refractivity contribution >= 4 is 20.6 Å². The number of methoxy groups -OCH3 is 1. The van der Waals surface area contributed by atoms with Crippen LogP contribution in [0.3, 0.4) is 0 Å². The summed E-state index contributed by atoms with van der Waals surface area (Å²) in [6.45, 7) is 1.49. The molecule has 0 aliphatic rings. The van der Waals surface area contributed by atoms with Gasteiger partial charge in [-0.25, -0.2) is 8.42 Å². The Hall–Kier alpha value is -0.0200. The van der Waals surface area contributed by atoms with E-state index in [4.69, 9.17) is 4.74 Å². The molecule has 2 N–H and O–H groups in total. The molecule has 2 atom stereocenters.